The van der Waals surface area contributed by atoms with E-state index in [1.54, 1.807) is 13.2 Å². The summed E-state index contributed by atoms with van der Waals surface area (Å²) in [6.45, 7) is -0.227. The molecule has 0 fully saturated rings. The number of likely N-dealkylation sites (N-methyl/N-ethyl adjacent to an activating group) is 1. The zero-order valence-electron chi connectivity index (χ0n) is 11.7. The zero-order chi connectivity index (χ0) is 15.0. The van der Waals surface area contributed by atoms with Crippen molar-refractivity contribution in [2.75, 3.05) is 27.4 Å². The highest BCUT2D eigenvalue weighted by Gasteiger charge is 2.12. The van der Waals surface area contributed by atoms with Crippen LogP contribution in [-0.4, -0.2) is 39.8 Å². The van der Waals surface area contributed by atoms with E-state index < -0.39 is 13.0 Å². The van der Waals surface area contributed by atoms with Crippen LogP contribution in [0.3, 0.4) is 0 Å². The van der Waals surface area contributed by atoms with Crippen molar-refractivity contribution in [2.24, 2.45) is 0 Å². The fraction of sp³-hybridized carbons (Fsp3) is 0.571. The Bertz CT molecular complexity index is 405. The van der Waals surface area contributed by atoms with E-state index in [0.717, 1.165) is 11.3 Å². The third-order valence-electron chi connectivity index (χ3n) is 2.97. The summed E-state index contributed by atoms with van der Waals surface area (Å²) < 4.78 is 34.1. The molecular weight excluding hydrogens is 288 g/mol. The van der Waals surface area contributed by atoms with Crippen molar-refractivity contribution in [3.05, 3.63) is 28.8 Å². The van der Waals surface area contributed by atoms with Crippen molar-refractivity contribution in [2.45, 2.75) is 25.3 Å². The van der Waals surface area contributed by atoms with Gasteiger partial charge in [-0.25, -0.2) is 8.78 Å². The van der Waals surface area contributed by atoms with Gasteiger partial charge in [0.05, 0.1) is 7.11 Å². The standard InChI is InChI=1S/C14H20ClF2NO2/c1-18-12(5-6-20-9-14(16)17)8-10-7-11(15)3-4-13(10)19-2/h3-4,7,12,14,18H,5-6,8-9H2,1-2H3. The lowest BCUT2D eigenvalue weighted by Crippen LogP contribution is -2.29. The van der Waals surface area contributed by atoms with Gasteiger partial charge >= 0.3 is 0 Å². The molecule has 0 aliphatic rings. The Balaban J connectivity index is 2.53. The first kappa shape index (κ1) is 17.1. The first-order valence-electron chi connectivity index (χ1n) is 6.42. The van der Waals surface area contributed by atoms with Gasteiger partial charge in [0.1, 0.15) is 12.4 Å². The molecule has 6 heteroatoms. The second kappa shape index (κ2) is 9.10. The van der Waals surface area contributed by atoms with Crippen LogP contribution in [0.25, 0.3) is 0 Å². The van der Waals surface area contributed by atoms with Gasteiger partial charge in [-0.1, -0.05) is 11.6 Å². The number of ether oxygens (including phenoxy) is 2. The largest absolute Gasteiger partial charge is 0.496 e. The molecule has 0 amide bonds. The van der Waals surface area contributed by atoms with Crippen LogP contribution in [0.5, 0.6) is 5.75 Å². The number of methoxy groups -OCH3 is 1. The van der Waals surface area contributed by atoms with Gasteiger partial charge in [0.2, 0.25) is 0 Å². The molecule has 0 heterocycles. The van der Waals surface area contributed by atoms with Crippen LogP contribution in [-0.2, 0) is 11.2 Å². The van der Waals surface area contributed by atoms with Gasteiger partial charge in [-0.3, -0.25) is 0 Å². The van der Waals surface area contributed by atoms with Gasteiger partial charge in [-0.05, 0) is 43.7 Å². The second-order valence-corrected chi connectivity index (χ2v) is 4.84. The topological polar surface area (TPSA) is 30.5 Å². The SMILES string of the molecule is CNC(CCOCC(F)F)Cc1cc(Cl)ccc1OC. The molecule has 0 aliphatic carbocycles. The molecule has 114 valence electrons. The Morgan fingerprint density at radius 3 is 2.70 bits per heavy atom. The van der Waals surface area contributed by atoms with Crippen LogP contribution in [0.1, 0.15) is 12.0 Å². The molecule has 0 saturated heterocycles. The van der Waals surface area contributed by atoms with Crippen LogP contribution >= 0.6 is 11.6 Å². The summed E-state index contributed by atoms with van der Waals surface area (Å²) >= 11 is 5.98. The van der Waals surface area contributed by atoms with Crippen LogP contribution in [0, 0.1) is 0 Å². The summed E-state index contributed by atoms with van der Waals surface area (Å²) in [7, 11) is 3.43. The average molecular weight is 308 g/mol. The van der Waals surface area contributed by atoms with Crippen molar-refractivity contribution in [1.82, 2.24) is 5.32 Å². The summed E-state index contributed by atoms with van der Waals surface area (Å²) in [5.41, 5.74) is 0.980. The highest BCUT2D eigenvalue weighted by atomic mass is 35.5. The van der Waals surface area contributed by atoms with E-state index in [2.05, 4.69) is 5.32 Å². The maximum atomic E-state index is 12.0. The van der Waals surface area contributed by atoms with Crippen molar-refractivity contribution in [3.63, 3.8) is 0 Å². The Morgan fingerprint density at radius 1 is 1.35 bits per heavy atom. The zero-order valence-corrected chi connectivity index (χ0v) is 12.4. The van der Waals surface area contributed by atoms with Crippen LogP contribution in [0.15, 0.2) is 18.2 Å². The lowest BCUT2D eigenvalue weighted by atomic mass is 10.0. The van der Waals surface area contributed by atoms with Gasteiger partial charge in [0.15, 0.2) is 0 Å². The molecule has 1 aromatic rings. The molecule has 3 nitrogen and oxygen atoms in total. The Kier molecular flexibility index (Phi) is 7.80. The average Bonchev–Trinajstić information content (AvgIpc) is 2.42. The lowest BCUT2D eigenvalue weighted by Gasteiger charge is -2.18. The summed E-state index contributed by atoms with van der Waals surface area (Å²) in [6, 6.07) is 5.55. The van der Waals surface area contributed by atoms with Gasteiger partial charge < -0.3 is 14.8 Å². The van der Waals surface area contributed by atoms with Crippen LogP contribution in [0.4, 0.5) is 8.78 Å². The molecule has 1 unspecified atom stereocenters. The number of nitrogens with one attached hydrogen (secondary N) is 1. The molecule has 0 bridgehead atoms. The number of hydrogen-bond acceptors (Lipinski definition) is 3. The molecule has 20 heavy (non-hydrogen) atoms. The van der Waals surface area contributed by atoms with Crippen molar-refractivity contribution in [3.8, 4) is 5.75 Å². The Morgan fingerprint density at radius 2 is 2.10 bits per heavy atom. The molecule has 0 saturated carbocycles. The molecule has 0 radical (unpaired) electrons. The third-order valence-corrected chi connectivity index (χ3v) is 3.21. The molecule has 0 aromatic heterocycles. The molecule has 0 aliphatic heterocycles. The van der Waals surface area contributed by atoms with E-state index in [0.29, 0.717) is 24.5 Å². The normalized spacial score (nSPS) is 12.7. The smallest absolute Gasteiger partial charge is 0.261 e. The maximum Gasteiger partial charge on any atom is 0.261 e. The van der Waals surface area contributed by atoms with E-state index in [1.807, 2.05) is 19.2 Å². The molecule has 1 N–H and O–H groups in total. The predicted octanol–water partition coefficient (Wildman–Crippen LogP) is 3.15. The first-order valence-corrected chi connectivity index (χ1v) is 6.80. The minimum absolute atomic E-state index is 0.111. The van der Waals surface area contributed by atoms with Crippen molar-refractivity contribution >= 4 is 11.6 Å². The molecular formula is C14H20ClF2NO2. The summed E-state index contributed by atoms with van der Waals surface area (Å²) in [4.78, 5) is 0. The number of rotatable bonds is 9. The minimum Gasteiger partial charge on any atom is -0.496 e. The molecule has 1 rings (SSSR count). The van der Waals surface area contributed by atoms with Gasteiger partial charge in [-0.15, -0.1) is 0 Å². The maximum absolute atomic E-state index is 12.0. The fourth-order valence-corrected chi connectivity index (χ4v) is 2.11. The monoisotopic (exact) mass is 307 g/mol. The fourth-order valence-electron chi connectivity index (χ4n) is 1.92. The number of benzene rings is 1. The Hall–Kier alpha value is -0.910. The summed E-state index contributed by atoms with van der Waals surface area (Å²) in [5.74, 6) is 0.767. The van der Waals surface area contributed by atoms with Crippen LogP contribution in [0.2, 0.25) is 5.02 Å². The van der Waals surface area contributed by atoms with Crippen molar-refractivity contribution < 1.29 is 18.3 Å². The number of halogens is 3. The molecule has 1 aromatic carbocycles. The second-order valence-electron chi connectivity index (χ2n) is 4.40. The summed E-state index contributed by atoms with van der Waals surface area (Å²) in [6.07, 6.45) is -1.09. The van der Waals surface area contributed by atoms with Gasteiger partial charge in [0.25, 0.3) is 6.43 Å². The van der Waals surface area contributed by atoms with E-state index >= 15 is 0 Å². The third kappa shape index (κ3) is 6.03. The van der Waals surface area contributed by atoms with Gasteiger partial charge in [-0.2, -0.15) is 0 Å². The van der Waals surface area contributed by atoms with E-state index in [4.69, 9.17) is 21.1 Å². The number of hydrogen-bond donors (Lipinski definition) is 1. The number of alkyl halides is 2. The molecule has 0 spiro atoms. The minimum atomic E-state index is -2.42. The lowest BCUT2D eigenvalue weighted by molar-refractivity contribution is 0.0146. The highest BCUT2D eigenvalue weighted by Crippen LogP contribution is 2.24. The summed E-state index contributed by atoms with van der Waals surface area (Å²) in [5, 5.41) is 3.79. The molecule has 1 atom stereocenters. The first-order chi connectivity index (χ1) is 9.56. The Labute approximate surface area is 123 Å². The van der Waals surface area contributed by atoms with Crippen LogP contribution < -0.4 is 10.1 Å². The van der Waals surface area contributed by atoms with E-state index in [9.17, 15) is 8.78 Å². The predicted molar refractivity (Wildman–Crippen MR) is 76.0 cm³/mol. The van der Waals surface area contributed by atoms with E-state index in [-0.39, 0.29) is 6.04 Å². The quantitative estimate of drug-likeness (QED) is 0.711. The van der Waals surface area contributed by atoms with E-state index in [1.165, 1.54) is 0 Å². The highest BCUT2D eigenvalue weighted by molar-refractivity contribution is 6.30. The van der Waals surface area contributed by atoms with Gasteiger partial charge in [0, 0.05) is 17.7 Å². The van der Waals surface area contributed by atoms with Crippen molar-refractivity contribution in [1.29, 1.82) is 0 Å².